The third kappa shape index (κ3) is 4.10. The van der Waals surface area contributed by atoms with Gasteiger partial charge in [0.2, 0.25) is 0 Å². The Morgan fingerprint density at radius 2 is 1.77 bits per heavy atom. The third-order valence-electron chi connectivity index (χ3n) is 3.16. The average Bonchev–Trinajstić information content (AvgIpc) is 2.16. The minimum Gasteiger partial charge on any atom is -0.393 e. The highest BCUT2D eigenvalue weighted by Crippen LogP contribution is 2.20. The summed E-state index contributed by atoms with van der Waals surface area (Å²) in [6.45, 7) is 4.36. The summed E-state index contributed by atoms with van der Waals surface area (Å²) in [6.07, 6.45) is 6.11. The van der Waals surface area contributed by atoms with Crippen LogP contribution in [0.3, 0.4) is 0 Å². The van der Waals surface area contributed by atoms with E-state index in [4.69, 9.17) is 0 Å². The predicted octanol–water partition coefficient (Wildman–Crippen LogP) is 1.88. The van der Waals surface area contributed by atoms with Gasteiger partial charge >= 0.3 is 0 Å². The highest BCUT2D eigenvalue weighted by Gasteiger charge is 2.16. The lowest BCUT2D eigenvalue weighted by molar-refractivity contribution is 0.112. The molecule has 2 nitrogen and oxygen atoms in total. The largest absolute Gasteiger partial charge is 0.393 e. The van der Waals surface area contributed by atoms with Gasteiger partial charge in [0.1, 0.15) is 0 Å². The maximum Gasteiger partial charge on any atom is 0.0540 e. The SMILES string of the molecule is CC(O)C1CCCCN(C)CCC1. The number of rotatable bonds is 1. The number of hydrogen-bond acceptors (Lipinski definition) is 2. The van der Waals surface area contributed by atoms with Crippen molar-refractivity contribution in [1.29, 1.82) is 0 Å². The van der Waals surface area contributed by atoms with E-state index in [0.717, 1.165) is 0 Å². The highest BCUT2D eigenvalue weighted by atomic mass is 16.3. The fourth-order valence-corrected chi connectivity index (χ4v) is 2.15. The second kappa shape index (κ2) is 5.61. The number of hydrogen-bond donors (Lipinski definition) is 1. The van der Waals surface area contributed by atoms with Crippen LogP contribution >= 0.6 is 0 Å². The molecule has 0 amide bonds. The Bertz CT molecular complexity index is 136. The van der Waals surface area contributed by atoms with Crippen molar-refractivity contribution in [2.75, 3.05) is 20.1 Å². The Labute approximate surface area is 81.9 Å². The van der Waals surface area contributed by atoms with Crippen molar-refractivity contribution in [3.8, 4) is 0 Å². The van der Waals surface area contributed by atoms with Gasteiger partial charge in [0.25, 0.3) is 0 Å². The molecule has 1 fully saturated rings. The topological polar surface area (TPSA) is 23.5 Å². The molecule has 13 heavy (non-hydrogen) atoms. The molecule has 0 spiro atoms. The second-order valence-corrected chi connectivity index (χ2v) is 4.44. The summed E-state index contributed by atoms with van der Waals surface area (Å²) in [5, 5.41) is 9.54. The number of nitrogens with zero attached hydrogens (tertiary/aromatic N) is 1. The molecule has 0 bridgehead atoms. The Morgan fingerprint density at radius 3 is 2.46 bits per heavy atom. The lowest BCUT2D eigenvalue weighted by atomic mass is 9.92. The van der Waals surface area contributed by atoms with Gasteiger partial charge in [-0.3, -0.25) is 0 Å². The van der Waals surface area contributed by atoms with Crippen LogP contribution in [0.15, 0.2) is 0 Å². The van der Waals surface area contributed by atoms with Crippen LogP contribution in [0.5, 0.6) is 0 Å². The van der Waals surface area contributed by atoms with Gasteiger partial charge in [-0.1, -0.05) is 6.42 Å². The summed E-state index contributed by atoms with van der Waals surface area (Å²) in [7, 11) is 2.20. The summed E-state index contributed by atoms with van der Waals surface area (Å²) in [5.74, 6) is 0.548. The molecule has 0 aromatic carbocycles. The van der Waals surface area contributed by atoms with Crippen LogP contribution in [0, 0.1) is 5.92 Å². The second-order valence-electron chi connectivity index (χ2n) is 4.44. The molecular weight excluding hydrogens is 162 g/mol. The predicted molar refractivity (Wildman–Crippen MR) is 55.8 cm³/mol. The molecule has 2 heteroatoms. The van der Waals surface area contributed by atoms with E-state index in [1.54, 1.807) is 0 Å². The smallest absolute Gasteiger partial charge is 0.0540 e. The maximum atomic E-state index is 9.54. The van der Waals surface area contributed by atoms with Gasteiger partial charge in [0, 0.05) is 0 Å². The van der Waals surface area contributed by atoms with E-state index in [2.05, 4.69) is 11.9 Å². The first-order valence-electron chi connectivity index (χ1n) is 5.57. The van der Waals surface area contributed by atoms with Gasteiger partial charge in [0.15, 0.2) is 0 Å². The van der Waals surface area contributed by atoms with Crippen molar-refractivity contribution < 1.29 is 5.11 Å². The Hall–Kier alpha value is -0.0800. The molecule has 1 aliphatic rings. The van der Waals surface area contributed by atoms with Crippen LogP contribution in [-0.4, -0.2) is 36.2 Å². The zero-order valence-electron chi connectivity index (χ0n) is 9.00. The average molecular weight is 185 g/mol. The zero-order chi connectivity index (χ0) is 9.68. The monoisotopic (exact) mass is 185 g/mol. The quantitative estimate of drug-likeness (QED) is 0.674. The van der Waals surface area contributed by atoms with E-state index in [1.165, 1.54) is 45.2 Å². The minimum absolute atomic E-state index is 0.108. The van der Waals surface area contributed by atoms with Crippen molar-refractivity contribution in [2.24, 2.45) is 5.92 Å². The van der Waals surface area contributed by atoms with Crippen LogP contribution in [0.25, 0.3) is 0 Å². The summed E-state index contributed by atoms with van der Waals surface area (Å²) in [6, 6.07) is 0. The van der Waals surface area contributed by atoms with E-state index >= 15 is 0 Å². The van der Waals surface area contributed by atoms with Crippen LogP contribution in [-0.2, 0) is 0 Å². The fraction of sp³-hybridized carbons (Fsp3) is 1.00. The molecule has 2 unspecified atom stereocenters. The van der Waals surface area contributed by atoms with Gasteiger partial charge in [-0.15, -0.1) is 0 Å². The van der Waals surface area contributed by atoms with Crippen LogP contribution < -0.4 is 0 Å². The molecule has 1 saturated heterocycles. The van der Waals surface area contributed by atoms with Crippen molar-refractivity contribution in [3.05, 3.63) is 0 Å². The molecule has 1 N–H and O–H groups in total. The van der Waals surface area contributed by atoms with E-state index in [-0.39, 0.29) is 6.10 Å². The molecule has 0 radical (unpaired) electrons. The minimum atomic E-state index is -0.108. The zero-order valence-corrected chi connectivity index (χ0v) is 9.00. The maximum absolute atomic E-state index is 9.54. The standard InChI is InChI=1S/C11H23NO/c1-10(13)11-6-3-4-8-12(2)9-5-7-11/h10-11,13H,3-9H2,1-2H3. The first kappa shape index (κ1) is 11.0. The molecule has 1 rings (SSSR count). The summed E-state index contributed by atoms with van der Waals surface area (Å²) < 4.78 is 0. The van der Waals surface area contributed by atoms with E-state index < -0.39 is 0 Å². The summed E-state index contributed by atoms with van der Waals surface area (Å²) in [5.41, 5.74) is 0. The van der Waals surface area contributed by atoms with Crippen LogP contribution in [0.1, 0.15) is 39.0 Å². The molecule has 2 atom stereocenters. The molecule has 0 aromatic rings. The fourth-order valence-electron chi connectivity index (χ4n) is 2.15. The lowest BCUT2D eigenvalue weighted by Crippen LogP contribution is -2.21. The normalized spacial score (nSPS) is 30.2. The summed E-state index contributed by atoms with van der Waals surface area (Å²) >= 11 is 0. The Morgan fingerprint density at radius 1 is 1.15 bits per heavy atom. The molecule has 78 valence electrons. The summed E-state index contributed by atoms with van der Waals surface area (Å²) in [4.78, 5) is 2.41. The number of aliphatic hydroxyl groups excluding tert-OH is 1. The molecule has 0 saturated carbocycles. The highest BCUT2D eigenvalue weighted by molar-refractivity contribution is 4.68. The molecule has 1 aliphatic heterocycles. The first-order chi connectivity index (χ1) is 6.20. The molecule has 0 aliphatic carbocycles. The van der Waals surface area contributed by atoms with Gasteiger partial charge in [-0.05, 0) is 58.7 Å². The van der Waals surface area contributed by atoms with Crippen molar-refractivity contribution in [3.63, 3.8) is 0 Å². The van der Waals surface area contributed by atoms with Gasteiger partial charge in [-0.2, -0.15) is 0 Å². The van der Waals surface area contributed by atoms with Gasteiger partial charge in [-0.25, -0.2) is 0 Å². The van der Waals surface area contributed by atoms with E-state index in [1.807, 2.05) is 6.92 Å². The lowest BCUT2D eigenvalue weighted by Gasteiger charge is -2.18. The number of aliphatic hydroxyl groups is 1. The molecular formula is C11H23NO. The Balaban J connectivity index is 2.34. The van der Waals surface area contributed by atoms with Crippen molar-refractivity contribution >= 4 is 0 Å². The van der Waals surface area contributed by atoms with Gasteiger partial charge < -0.3 is 10.0 Å². The van der Waals surface area contributed by atoms with E-state index in [0.29, 0.717) is 5.92 Å². The molecule has 1 heterocycles. The third-order valence-corrected chi connectivity index (χ3v) is 3.16. The molecule has 0 aromatic heterocycles. The van der Waals surface area contributed by atoms with Crippen LogP contribution in [0.4, 0.5) is 0 Å². The Kier molecular flexibility index (Phi) is 4.74. The van der Waals surface area contributed by atoms with Gasteiger partial charge in [0.05, 0.1) is 6.10 Å². The van der Waals surface area contributed by atoms with Crippen LogP contribution in [0.2, 0.25) is 0 Å². The van der Waals surface area contributed by atoms with E-state index in [9.17, 15) is 5.11 Å². The first-order valence-corrected chi connectivity index (χ1v) is 5.57. The van der Waals surface area contributed by atoms with Crippen molar-refractivity contribution in [2.45, 2.75) is 45.1 Å². The van der Waals surface area contributed by atoms with Crippen molar-refractivity contribution in [1.82, 2.24) is 4.90 Å².